The molecule has 0 unspecified atom stereocenters. The Bertz CT molecular complexity index is 296. The van der Waals surface area contributed by atoms with E-state index < -0.39 is 21.5 Å². The van der Waals surface area contributed by atoms with Gasteiger partial charge in [0.05, 0.1) is 0 Å². The number of rotatable bonds is 3. The van der Waals surface area contributed by atoms with Crippen LogP contribution in [-0.4, -0.2) is 32.2 Å². The highest BCUT2D eigenvalue weighted by atomic mass is 32.2. The number of hydrogen-bond acceptors (Lipinski definition) is 4. The number of sulfone groups is 1. The summed E-state index contributed by atoms with van der Waals surface area (Å²) in [5.74, 6) is -1.75. The molecule has 6 nitrogen and oxygen atoms in total. The highest BCUT2D eigenvalue weighted by Gasteiger charge is 2.10. The fraction of sp³-hybridized carbons (Fsp3) is 0.667. The number of nitrogens with one attached hydrogen (secondary N) is 2. The highest BCUT2D eigenvalue weighted by Crippen LogP contribution is 1.80. The fourth-order valence-corrected chi connectivity index (χ4v) is 1.05. The molecule has 0 aliphatic rings. The van der Waals surface area contributed by atoms with Gasteiger partial charge in [0, 0.05) is 12.7 Å². The third-order valence-electron chi connectivity index (χ3n) is 1.06. The first kappa shape index (κ1) is 11.9. The quantitative estimate of drug-likeness (QED) is 0.557. The summed E-state index contributed by atoms with van der Waals surface area (Å²) in [6.45, 7) is 1.61. The number of hydrazine groups is 1. The summed E-state index contributed by atoms with van der Waals surface area (Å²) in [6.07, 6.45) is 1.16. The van der Waals surface area contributed by atoms with Crippen molar-refractivity contribution in [3.05, 3.63) is 0 Å². The van der Waals surface area contributed by atoms with Crippen molar-refractivity contribution >= 4 is 21.7 Å². The van der Waals surface area contributed by atoms with Crippen molar-refractivity contribution < 1.29 is 18.0 Å². The van der Waals surface area contributed by atoms with Crippen molar-refractivity contribution in [2.75, 3.05) is 12.0 Å². The maximum absolute atomic E-state index is 10.8. The average molecular weight is 208 g/mol. The number of amides is 2. The van der Waals surface area contributed by atoms with Gasteiger partial charge >= 0.3 is 0 Å². The zero-order chi connectivity index (χ0) is 10.5. The monoisotopic (exact) mass is 208 g/mol. The molecule has 0 aromatic rings. The predicted octanol–water partition coefficient (Wildman–Crippen LogP) is -1.41. The fourth-order valence-electron chi connectivity index (χ4n) is 0.502. The lowest BCUT2D eigenvalue weighted by atomic mass is 10.5. The van der Waals surface area contributed by atoms with Crippen LogP contribution < -0.4 is 10.9 Å². The zero-order valence-corrected chi connectivity index (χ0v) is 8.27. The van der Waals surface area contributed by atoms with Crippen LogP contribution in [0, 0.1) is 0 Å². The third-order valence-corrected chi connectivity index (χ3v) is 1.84. The van der Waals surface area contributed by atoms with Crippen LogP contribution in [0.25, 0.3) is 0 Å². The van der Waals surface area contributed by atoms with Crippen molar-refractivity contribution in [1.29, 1.82) is 0 Å². The first-order valence-electron chi connectivity index (χ1n) is 3.60. The van der Waals surface area contributed by atoms with E-state index in [0.29, 0.717) is 0 Å². The lowest BCUT2D eigenvalue weighted by molar-refractivity contribution is -0.127. The molecule has 0 aliphatic heterocycles. The maximum Gasteiger partial charge on any atom is 0.253 e. The van der Waals surface area contributed by atoms with Gasteiger partial charge in [-0.05, 0) is 0 Å². The van der Waals surface area contributed by atoms with Gasteiger partial charge in [0.25, 0.3) is 5.91 Å². The van der Waals surface area contributed by atoms with Gasteiger partial charge in [-0.3, -0.25) is 20.4 Å². The van der Waals surface area contributed by atoms with Crippen LogP contribution in [0.2, 0.25) is 0 Å². The van der Waals surface area contributed by atoms with E-state index in [0.717, 1.165) is 6.26 Å². The smallest absolute Gasteiger partial charge is 0.253 e. The molecule has 2 amide bonds. The summed E-state index contributed by atoms with van der Waals surface area (Å²) in [6, 6.07) is 0. The molecule has 0 aromatic carbocycles. The van der Waals surface area contributed by atoms with E-state index in [1.54, 1.807) is 6.92 Å². The molecule has 0 saturated carbocycles. The van der Waals surface area contributed by atoms with Crippen LogP contribution >= 0.6 is 0 Å². The standard InChI is InChI=1S/C6H12N2O4S/c1-3-5(9)7-8-6(10)4-13(2,11)12/h3-4H2,1-2H3,(H,7,9)(H,8,10). The van der Waals surface area contributed by atoms with Crippen molar-refractivity contribution in [2.24, 2.45) is 0 Å². The molecule has 0 spiro atoms. The van der Waals surface area contributed by atoms with Crippen LogP contribution in [0.4, 0.5) is 0 Å². The van der Waals surface area contributed by atoms with Gasteiger partial charge in [-0.25, -0.2) is 8.42 Å². The Hall–Kier alpha value is -1.11. The second kappa shape index (κ2) is 4.80. The van der Waals surface area contributed by atoms with E-state index >= 15 is 0 Å². The summed E-state index contributed by atoms with van der Waals surface area (Å²) in [5, 5.41) is 0. The molecule has 0 rings (SSSR count). The van der Waals surface area contributed by atoms with Gasteiger partial charge in [-0.1, -0.05) is 6.92 Å². The van der Waals surface area contributed by atoms with E-state index in [4.69, 9.17) is 0 Å². The largest absolute Gasteiger partial charge is 0.273 e. The van der Waals surface area contributed by atoms with Crippen LogP contribution in [0.15, 0.2) is 0 Å². The zero-order valence-electron chi connectivity index (χ0n) is 7.46. The van der Waals surface area contributed by atoms with Gasteiger partial charge in [0.2, 0.25) is 5.91 Å². The SMILES string of the molecule is CCC(=O)NNC(=O)CS(C)(=O)=O. The van der Waals surface area contributed by atoms with E-state index in [2.05, 4.69) is 5.43 Å². The Kier molecular flexibility index (Phi) is 4.39. The number of hydrogen-bond donors (Lipinski definition) is 2. The first-order valence-corrected chi connectivity index (χ1v) is 5.66. The molecule has 0 fully saturated rings. The van der Waals surface area contributed by atoms with Crippen LogP contribution in [0.3, 0.4) is 0 Å². The molecule has 0 heterocycles. The van der Waals surface area contributed by atoms with Gasteiger partial charge in [0.15, 0.2) is 9.84 Å². The topological polar surface area (TPSA) is 92.3 Å². The van der Waals surface area contributed by atoms with Gasteiger partial charge in [0.1, 0.15) is 5.75 Å². The van der Waals surface area contributed by atoms with Crippen molar-refractivity contribution in [3.8, 4) is 0 Å². The van der Waals surface area contributed by atoms with Crippen LogP contribution in [-0.2, 0) is 19.4 Å². The van der Waals surface area contributed by atoms with Crippen molar-refractivity contribution in [3.63, 3.8) is 0 Å². The summed E-state index contributed by atoms with van der Waals surface area (Å²) in [7, 11) is -3.34. The van der Waals surface area contributed by atoms with Gasteiger partial charge < -0.3 is 0 Å². The molecule has 76 valence electrons. The molecule has 0 saturated heterocycles. The highest BCUT2D eigenvalue weighted by molar-refractivity contribution is 7.91. The summed E-state index contributed by atoms with van der Waals surface area (Å²) in [4.78, 5) is 21.4. The summed E-state index contributed by atoms with van der Waals surface area (Å²) >= 11 is 0. The molecule has 0 bridgehead atoms. The Morgan fingerprint density at radius 3 is 2.00 bits per heavy atom. The van der Waals surface area contributed by atoms with Crippen LogP contribution in [0.5, 0.6) is 0 Å². The Morgan fingerprint density at radius 1 is 1.15 bits per heavy atom. The molecular weight excluding hydrogens is 196 g/mol. The van der Waals surface area contributed by atoms with E-state index in [1.807, 2.05) is 5.43 Å². The Balaban J connectivity index is 3.84. The molecule has 0 aromatic heterocycles. The van der Waals surface area contributed by atoms with E-state index in [1.165, 1.54) is 0 Å². The Morgan fingerprint density at radius 2 is 1.62 bits per heavy atom. The summed E-state index contributed by atoms with van der Waals surface area (Å²) < 4.78 is 21.2. The van der Waals surface area contributed by atoms with E-state index in [-0.39, 0.29) is 12.3 Å². The lowest BCUT2D eigenvalue weighted by Crippen LogP contribution is -2.43. The van der Waals surface area contributed by atoms with Crippen molar-refractivity contribution in [2.45, 2.75) is 13.3 Å². The molecular formula is C6H12N2O4S. The lowest BCUT2D eigenvalue weighted by Gasteiger charge is -2.04. The third kappa shape index (κ3) is 7.26. The molecule has 2 N–H and O–H groups in total. The Labute approximate surface area is 76.6 Å². The molecule has 0 aliphatic carbocycles. The maximum atomic E-state index is 10.8. The molecule has 0 radical (unpaired) electrons. The first-order chi connectivity index (χ1) is 5.85. The van der Waals surface area contributed by atoms with Gasteiger partial charge in [-0.15, -0.1) is 0 Å². The van der Waals surface area contributed by atoms with E-state index in [9.17, 15) is 18.0 Å². The molecule has 7 heteroatoms. The summed E-state index contributed by atoms with van der Waals surface area (Å²) in [5.41, 5.74) is 4.02. The van der Waals surface area contributed by atoms with Crippen LogP contribution in [0.1, 0.15) is 13.3 Å². The minimum Gasteiger partial charge on any atom is -0.273 e. The number of carbonyl (C=O) groups excluding carboxylic acids is 2. The normalized spacial score (nSPS) is 10.6. The minimum atomic E-state index is -3.34. The average Bonchev–Trinajstić information content (AvgIpc) is 1.97. The molecule has 13 heavy (non-hydrogen) atoms. The number of carbonyl (C=O) groups is 2. The predicted molar refractivity (Wildman–Crippen MR) is 46.3 cm³/mol. The molecule has 0 atom stereocenters. The minimum absolute atomic E-state index is 0.221. The second-order valence-electron chi connectivity index (χ2n) is 2.52. The van der Waals surface area contributed by atoms with Gasteiger partial charge in [-0.2, -0.15) is 0 Å². The van der Waals surface area contributed by atoms with Crippen molar-refractivity contribution in [1.82, 2.24) is 10.9 Å². The second-order valence-corrected chi connectivity index (χ2v) is 4.66.